The predicted octanol–water partition coefficient (Wildman–Crippen LogP) is 1.39. The maximum atomic E-state index is 12.6. The Morgan fingerprint density at radius 1 is 1.30 bits per heavy atom. The highest BCUT2D eigenvalue weighted by Gasteiger charge is 2.30. The standard InChI is InChI=1S/C14H26N2O4/c1-3-15(10-11(2)13(18)19)14(20)16(8-9-17)12-6-4-5-7-12/h11-12,17H,3-10H2,1-2H3,(H,18,19). The van der Waals surface area contributed by atoms with Crippen LogP contribution in [0.2, 0.25) is 0 Å². The molecule has 0 bridgehead atoms. The maximum Gasteiger partial charge on any atom is 0.320 e. The number of rotatable bonds is 7. The molecular formula is C14H26N2O4. The molecule has 6 nitrogen and oxygen atoms in total. The van der Waals surface area contributed by atoms with Crippen LogP contribution in [0.3, 0.4) is 0 Å². The van der Waals surface area contributed by atoms with Gasteiger partial charge in [0.05, 0.1) is 12.5 Å². The molecule has 0 radical (unpaired) electrons. The number of carbonyl (C=O) groups excluding carboxylic acids is 1. The van der Waals surface area contributed by atoms with Crippen molar-refractivity contribution in [3.05, 3.63) is 0 Å². The Labute approximate surface area is 120 Å². The largest absolute Gasteiger partial charge is 0.481 e. The highest BCUT2D eigenvalue weighted by atomic mass is 16.4. The molecule has 0 saturated heterocycles. The molecule has 1 aliphatic rings. The number of carboxylic acids is 1. The molecule has 1 unspecified atom stereocenters. The molecule has 0 aromatic rings. The third-order valence-electron chi connectivity index (χ3n) is 3.92. The highest BCUT2D eigenvalue weighted by Crippen LogP contribution is 2.24. The SMILES string of the molecule is CCN(CC(C)C(=O)O)C(=O)N(CCO)C1CCCC1. The van der Waals surface area contributed by atoms with E-state index in [2.05, 4.69) is 0 Å². The van der Waals surface area contributed by atoms with Crippen molar-refractivity contribution in [2.45, 2.75) is 45.6 Å². The smallest absolute Gasteiger partial charge is 0.320 e. The molecule has 0 aromatic heterocycles. The molecular weight excluding hydrogens is 260 g/mol. The Bertz CT molecular complexity index is 329. The summed E-state index contributed by atoms with van der Waals surface area (Å²) in [5.41, 5.74) is 0. The van der Waals surface area contributed by atoms with Crippen molar-refractivity contribution in [3.63, 3.8) is 0 Å². The molecule has 116 valence electrons. The van der Waals surface area contributed by atoms with E-state index in [1.165, 1.54) is 0 Å². The Morgan fingerprint density at radius 3 is 2.35 bits per heavy atom. The number of carboxylic acid groups (broad SMARTS) is 1. The van der Waals surface area contributed by atoms with Crippen molar-refractivity contribution in [1.82, 2.24) is 9.80 Å². The van der Waals surface area contributed by atoms with E-state index in [0.717, 1.165) is 25.7 Å². The number of amides is 2. The summed E-state index contributed by atoms with van der Waals surface area (Å²) in [4.78, 5) is 26.8. The first-order valence-corrected chi connectivity index (χ1v) is 7.40. The van der Waals surface area contributed by atoms with Gasteiger partial charge in [-0.3, -0.25) is 4.79 Å². The van der Waals surface area contributed by atoms with E-state index in [1.54, 1.807) is 16.7 Å². The molecule has 0 aromatic carbocycles. The lowest BCUT2D eigenvalue weighted by atomic mass is 10.1. The number of aliphatic hydroxyl groups excluding tert-OH is 1. The predicted molar refractivity (Wildman–Crippen MR) is 75.5 cm³/mol. The van der Waals surface area contributed by atoms with Crippen LogP contribution < -0.4 is 0 Å². The number of hydrogen-bond donors (Lipinski definition) is 2. The maximum absolute atomic E-state index is 12.6. The summed E-state index contributed by atoms with van der Waals surface area (Å²) in [5, 5.41) is 18.1. The first-order chi connectivity index (χ1) is 9.51. The molecule has 2 N–H and O–H groups in total. The van der Waals surface area contributed by atoms with Crippen molar-refractivity contribution in [2.24, 2.45) is 5.92 Å². The van der Waals surface area contributed by atoms with Crippen molar-refractivity contribution in [3.8, 4) is 0 Å². The monoisotopic (exact) mass is 286 g/mol. The van der Waals surface area contributed by atoms with Crippen LogP contribution in [0.25, 0.3) is 0 Å². The summed E-state index contributed by atoms with van der Waals surface area (Å²) < 4.78 is 0. The Kier molecular flexibility index (Phi) is 6.78. The second-order valence-electron chi connectivity index (χ2n) is 5.42. The summed E-state index contributed by atoms with van der Waals surface area (Å²) in [6, 6.07) is 0.0328. The average Bonchev–Trinajstić information content (AvgIpc) is 2.94. The fourth-order valence-corrected chi connectivity index (χ4v) is 2.69. The first kappa shape index (κ1) is 16.8. The van der Waals surface area contributed by atoms with Gasteiger partial charge in [0, 0.05) is 25.7 Å². The minimum absolute atomic E-state index is 0.0612. The number of urea groups is 1. The molecule has 2 amide bonds. The van der Waals surface area contributed by atoms with Crippen molar-refractivity contribution < 1.29 is 19.8 Å². The van der Waals surface area contributed by atoms with Crippen molar-refractivity contribution in [1.29, 1.82) is 0 Å². The van der Waals surface area contributed by atoms with E-state index in [1.807, 2.05) is 6.92 Å². The van der Waals surface area contributed by atoms with Gasteiger partial charge in [0.2, 0.25) is 0 Å². The Morgan fingerprint density at radius 2 is 1.90 bits per heavy atom. The molecule has 1 saturated carbocycles. The van der Waals surface area contributed by atoms with E-state index in [4.69, 9.17) is 10.2 Å². The average molecular weight is 286 g/mol. The lowest BCUT2D eigenvalue weighted by molar-refractivity contribution is -0.141. The molecule has 1 fully saturated rings. The number of hydrogen-bond acceptors (Lipinski definition) is 3. The number of aliphatic hydroxyl groups is 1. The third kappa shape index (κ3) is 4.37. The van der Waals surface area contributed by atoms with E-state index < -0.39 is 11.9 Å². The van der Waals surface area contributed by atoms with Gasteiger partial charge in [0.25, 0.3) is 0 Å². The Hall–Kier alpha value is -1.30. The summed E-state index contributed by atoms with van der Waals surface area (Å²) in [6.07, 6.45) is 4.16. The zero-order valence-electron chi connectivity index (χ0n) is 12.4. The third-order valence-corrected chi connectivity index (χ3v) is 3.92. The first-order valence-electron chi connectivity index (χ1n) is 7.40. The zero-order valence-corrected chi connectivity index (χ0v) is 12.4. The molecule has 6 heteroatoms. The Balaban J connectivity index is 2.71. The van der Waals surface area contributed by atoms with Gasteiger partial charge in [0.1, 0.15) is 0 Å². The number of aliphatic carboxylic acids is 1. The van der Waals surface area contributed by atoms with Crippen LogP contribution in [0.15, 0.2) is 0 Å². The lowest BCUT2D eigenvalue weighted by Crippen LogP contribution is -2.50. The molecule has 20 heavy (non-hydrogen) atoms. The number of nitrogens with zero attached hydrogens (tertiary/aromatic N) is 2. The van der Waals surface area contributed by atoms with Gasteiger partial charge in [-0.15, -0.1) is 0 Å². The molecule has 0 heterocycles. The normalized spacial score (nSPS) is 16.9. The molecule has 1 aliphatic carbocycles. The van der Waals surface area contributed by atoms with E-state index in [-0.39, 0.29) is 25.2 Å². The lowest BCUT2D eigenvalue weighted by Gasteiger charge is -2.34. The van der Waals surface area contributed by atoms with Crippen LogP contribution in [0.1, 0.15) is 39.5 Å². The highest BCUT2D eigenvalue weighted by molar-refractivity contribution is 5.76. The van der Waals surface area contributed by atoms with Crippen LogP contribution in [-0.4, -0.2) is 64.3 Å². The zero-order chi connectivity index (χ0) is 15.1. The summed E-state index contributed by atoms with van der Waals surface area (Å²) in [6.45, 7) is 4.39. The molecule has 0 spiro atoms. The summed E-state index contributed by atoms with van der Waals surface area (Å²) in [7, 11) is 0. The summed E-state index contributed by atoms with van der Waals surface area (Å²) >= 11 is 0. The van der Waals surface area contributed by atoms with Gasteiger partial charge < -0.3 is 20.0 Å². The summed E-state index contributed by atoms with van der Waals surface area (Å²) in [5.74, 6) is -1.48. The molecule has 1 rings (SSSR count). The fraction of sp³-hybridized carbons (Fsp3) is 0.857. The second kappa shape index (κ2) is 8.09. The van der Waals surface area contributed by atoms with E-state index in [9.17, 15) is 9.59 Å². The van der Waals surface area contributed by atoms with Crippen LogP contribution in [0.5, 0.6) is 0 Å². The number of carbonyl (C=O) groups is 2. The quantitative estimate of drug-likeness (QED) is 0.741. The van der Waals surface area contributed by atoms with Gasteiger partial charge in [-0.25, -0.2) is 4.79 Å². The van der Waals surface area contributed by atoms with Gasteiger partial charge in [-0.05, 0) is 19.8 Å². The molecule has 1 atom stereocenters. The van der Waals surface area contributed by atoms with Crippen LogP contribution in [0, 0.1) is 5.92 Å². The van der Waals surface area contributed by atoms with Gasteiger partial charge in [-0.1, -0.05) is 19.8 Å². The van der Waals surface area contributed by atoms with Gasteiger partial charge in [0.15, 0.2) is 0 Å². The minimum atomic E-state index is -0.897. The van der Waals surface area contributed by atoms with Gasteiger partial charge >= 0.3 is 12.0 Å². The van der Waals surface area contributed by atoms with Crippen molar-refractivity contribution in [2.75, 3.05) is 26.2 Å². The molecule has 0 aliphatic heterocycles. The fourth-order valence-electron chi connectivity index (χ4n) is 2.69. The second-order valence-corrected chi connectivity index (χ2v) is 5.42. The van der Waals surface area contributed by atoms with Crippen LogP contribution in [0.4, 0.5) is 4.79 Å². The van der Waals surface area contributed by atoms with E-state index >= 15 is 0 Å². The topological polar surface area (TPSA) is 81.1 Å². The minimum Gasteiger partial charge on any atom is -0.481 e. The van der Waals surface area contributed by atoms with Crippen LogP contribution in [-0.2, 0) is 4.79 Å². The van der Waals surface area contributed by atoms with Crippen molar-refractivity contribution >= 4 is 12.0 Å². The van der Waals surface area contributed by atoms with Crippen LogP contribution >= 0.6 is 0 Å². The van der Waals surface area contributed by atoms with Gasteiger partial charge in [-0.2, -0.15) is 0 Å². The van der Waals surface area contributed by atoms with E-state index in [0.29, 0.717) is 13.1 Å².